The largest absolute Gasteiger partial charge is 0.343 e. The molecule has 2 unspecified atom stereocenters. The van der Waals surface area contributed by atoms with E-state index < -0.39 is 11.6 Å². The number of amides is 1. The van der Waals surface area contributed by atoms with Gasteiger partial charge in [-0.05, 0) is 19.8 Å². The summed E-state index contributed by atoms with van der Waals surface area (Å²) in [5, 5.41) is 5.75. The number of hydrogen-bond acceptors (Lipinski definition) is 4. The highest BCUT2D eigenvalue weighted by Gasteiger charge is 2.29. The number of nitrogens with zero attached hydrogens (tertiary/aromatic N) is 1. The van der Waals surface area contributed by atoms with E-state index in [0.29, 0.717) is 0 Å². The van der Waals surface area contributed by atoms with Crippen molar-refractivity contribution in [1.82, 2.24) is 10.3 Å². The molecule has 17 heavy (non-hydrogen) atoms. The zero-order chi connectivity index (χ0) is 13.1. The Hall–Kier alpha value is -0.940. The molecule has 0 aliphatic heterocycles. The van der Waals surface area contributed by atoms with Crippen molar-refractivity contribution in [2.75, 3.05) is 0 Å². The molecule has 2 atom stereocenters. The van der Waals surface area contributed by atoms with Gasteiger partial charge in [0.15, 0.2) is 0 Å². The maximum absolute atomic E-state index is 12.0. The summed E-state index contributed by atoms with van der Waals surface area (Å²) in [5.41, 5.74) is 5.44. The van der Waals surface area contributed by atoms with Crippen LogP contribution >= 0.6 is 11.3 Å². The van der Waals surface area contributed by atoms with E-state index in [4.69, 9.17) is 5.73 Å². The fourth-order valence-electron chi connectivity index (χ4n) is 1.49. The summed E-state index contributed by atoms with van der Waals surface area (Å²) < 4.78 is 0. The van der Waals surface area contributed by atoms with E-state index in [1.54, 1.807) is 6.20 Å². The highest BCUT2D eigenvalue weighted by atomic mass is 32.1. The van der Waals surface area contributed by atoms with Crippen molar-refractivity contribution in [3.05, 3.63) is 16.6 Å². The van der Waals surface area contributed by atoms with Gasteiger partial charge in [0, 0.05) is 11.6 Å². The zero-order valence-electron chi connectivity index (χ0n) is 10.9. The fourth-order valence-corrected chi connectivity index (χ4v) is 2.21. The van der Waals surface area contributed by atoms with Crippen LogP contribution in [0.5, 0.6) is 0 Å². The van der Waals surface area contributed by atoms with Crippen molar-refractivity contribution >= 4 is 17.2 Å². The number of hydrogen-bond donors (Lipinski definition) is 2. The van der Waals surface area contributed by atoms with Crippen molar-refractivity contribution in [2.24, 2.45) is 11.7 Å². The standard InChI is InChI=1S/C12H21N3OS/c1-5-8(2)9(13)10(16)15-12(3,4)11-14-6-7-17-11/h6-9H,5,13H2,1-4H3,(H,15,16). The van der Waals surface area contributed by atoms with E-state index in [2.05, 4.69) is 10.3 Å². The molecule has 0 saturated heterocycles. The SMILES string of the molecule is CCC(C)C(N)C(=O)NC(C)(C)c1nccs1. The first-order valence-electron chi connectivity index (χ1n) is 5.86. The van der Waals surface area contributed by atoms with Gasteiger partial charge in [-0.2, -0.15) is 0 Å². The lowest BCUT2D eigenvalue weighted by Gasteiger charge is -2.27. The molecule has 96 valence electrons. The molecule has 1 aromatic heterocycles. The van der Waals surface area contributed by atoms with E-state index in [1.165, 1.54) is 11.3 Å². The summed E-state index contributed by atoms with van der Waals surface area (Å²) in [5.74, 6) is 0.0710. The Bertz CT molecular complexity index is 362. The van der Waals surface area contributed by atoms with E-state index in [-0.39, 0.29) is 11.8 Å². The van der Waals surface area contributed by atoms with Crippen LogP contribution in [0, 0.1) is 5.92 Å². The molecule has 0 aliphatic rings. The third-order valence-electron chi connectivity index (χ3n) is 2.96. The highest BCUT2D eigenvalue weighted by molar-refractivity contribution is 7.09. The molecule has 5 heteroatoms. The number of carbonyl (C=O) groups is 1. The first kappa shape index (κ1) is 14.1. The molecule has 0 aromatic carbocycles. The molecule has 0 fully saturated rings. The zero-order valence-corrected chi connectivity index (χ0v) is 11.7. The number of aromatic nitrogens is 1. The Morgan fingerprint density at radius 1 is 1.65 bits per heavy atom. The van der Waals surface area contributed by atoms with Crippen molar-refractivity contribution < 1.29 is 4.79 Å². The minimum Gasteiger partial charge on any atom is -0.343 e. The Morgan fingerprint density at radius 3 is 2.76 bits per heavy atom. The van der Waals surface area contributed by atoms with Gasteiger partial charge in [0.1, 0.15) is 5.01 Å². The molecule has 0 aliphatic carbocycles. The highest BCUT2D eigenvalue weighted by Crippen LogP contribution is 2.22. The van der Waals surface area contributed by atoms with Gasteiger partial charge in [0.25, 0.3) is 0 Å². The molecule has 0 radical (unpaired) electrons. The van der Waals surface area contributed by atoms with Crippen LogP contribution in [0.1, 0.15) is 39.1 Å². The van der Waals surface area contributed by atoms with Crippen molar-refractivity contribution in [2.45, 2.75) is 45.7 Å². The van der Waals surface area contributed by atoms with Crippen molar-refractivity contribution in [3.63, 3.8) is 0 Å². The summed E-state index contributed by atoms with van der Waals surface area (Å²) in [4.78, 5) is 16.2. The van der Waals surface area contributed by atoms with Crippen LogP contribution in [0.3, 0.4) is 0 Å². The van der Waals surface area contributed by atoms with Gasteiger partial charge in [-0.3, -0.25) is 4.79 Å². The van der Waals surface area contributed by atoms with Crippen LogP contribution in [0.25, 0.3) is 0 Å². The number of thiazole rings is 1. The molecule has 4 nitrogen and oxygen atoms in total. The van der Waals surface area contributed by atoms with E-state index >= 15 is 0 Å². The monoisotopic (exact) mass is 255 g/mol. The normalized spacial score (nSPS) is 15.4. The average molecular weight is 255 g/mol. The summed E-state index contributed by atoms with van der Waals surface area (Å²) in [7, 11) is 0. The lowest BCUT2D eigenvalue weighted by molar-refractivity contribution is -0.125. The van der Waals surface area contributed by atoms with Gasteiger partial charge in [-0.15, -0.1) is 11.3 Å². The lowest BCUT2D eigenvalue weighted by atomic mass is 9.97. The second-order valence-electron chi connectivity index (χ2n) is 4.86. The minimum absolute atomic E-state index is 0.112. The maximum Gasteiger partial charge on any atom is 0.237 e. The number of rotatable bonds is 5. The van der Waals surface area contributed by atoms with E-state index in [9.17, 15) is 4.79 Å². The predicted molar refractivity (Wildman–Crippen MR) is 70.7 cm³/mol. The second-order valence-corrected chi connectivity index (χ2v) is 5.76. The average Bonchev–Trinajstić information content (AvgIpc) is 2.80. The van der Waals surface area contributed by atoms with Gasteiger partial charge < -0.3 is 11.1 Å². The molecule has 0 spiro atoms. The van der Waals surface area contributed by atoms with Gasteiger partial charge in [0.05, 0.1) is 11.6 Å². The quantitative estimate of drug-likeness (QED) is 0.844. The molecular weight excluding hydrogens is 234 g/mol. The third-order valence-corrected chi connectivity index (χ3v) is 4.06. The van der Waals surface area contributed by atoms with Crippen molar-refractivity contribution in [1.29, 1.82) is 0 Å². The van der Waals surface area contributed by atoms with Crippen LogP contribution in [-0.2, 0) is 10.3 Å². The van der Waals surface area contributed by atoms with E-state index in [0.717, 1.165) is 11.4 Å². The minimum atomic E-state index is -0.462. The maximum atomic E-state index is 12.0. The summed E-state index contributed by atoms with van der Waals surface area (Å²) >= 11 is 1.53. The Balaban J connectivity index is 2.68. The topological polar surface area (TPSA) is 68.0 Å². The predicted octanol–water partition coefficient (Wildman–Crippen LogP) is 1.87. The van der Waals surface area contributed by atoms with Crippen LogP contribution in [0.15, 0.2) is 11.6 Å². The first-order valence-corrected chi connectivity index (χ1v) is 6.74. The Labute approximate surface area is 107 Å². The molecular formula is C12H21N3OS. The number of carbonyl (C=O) groups excluding carboxylic acids is 1. The molecule has 0 saturated carbocycles. The number of nitrogens with one attached hydrogen (secondary N) is 1. The lowest BCUT2D eigenvalue weighted by Crippen LogP contribution is -2.51. The molecule has 1 heterocycles. The van der Waals surface area contributed by atoms with Gasteiger partial charge in [-0.25, -0.2) is 4.98 Å². The molecule has 1 rings (SSSR count). The molecule has 3 N–H and O–H groups in total. The van der Waals surface area contributed by atoms with Gasteiger partial charge >= 0.3 is 0 Å². The van der Waals surface area contributed by atoms with Crippen LogP contribution in [-0.4, -0.2) is 16.9 Å². The Morgan fingerprint density at radius 2 is 2.29 bits per heavy atom. The van der Waals surface area contributed by atoms with Crippen LogP contribution in [0.2, 0.25) is 0 Å². The molecule has 1 amide bonds. The molecule has 1 aromatic rings. The van der Waals surface area contributed by atoms with E-state index in [1.807, 2.05) is 33.1 Å². The second kappa shape index (κ2) is 5.60. The summed E-state index contributed by atoms with van der Waals surface area (Å²) in [6, 6.07) is -0.459. The van der Waals surface area contributed by atoms with Gasteiger partial charge in [0.2, 0.25) is 5.91 Å². The first-order chi connectivity index (χ1) is 7.88. The Kier molecular flexibility index (Phi) is 4.65. The van der Waals surface area contributed by atoms with Crippen LogP contribution < -0.4 is 11.1 Å². The molecule has 0 bridgehead atoms. The summed E-state index contributed by atoms with van der Waals surface area (Å²) in [6.45, 7) is 7.89. The number of nitrogens with two attached hydrogens (primary N) is 1. The van der Waals surface area contributed by atoms with Gasteiger partial charge in [-0.1, -0.05) is 20.3 Å². The third kappa shape index (κ3) is 3.51. The van der Waals surface area contributed by atoms with Crippen molar-refractivity contribution in [3.8, 4) is 0 Å². The van der Waals surface area contributed by atoms with Crippen LogP contribution in [0.4, 0.5) is 0 Å². The summed E-state index contributed by atoms with van der Waals surface area (Å²) in [6.07, 6.45) is 2.63. The fraction of sp³-hybridized carbons (Fsp3) is 0.667. The smallest absolute Gasteiger partial charge is 0.237 e.